The topological polar surface area (TPSA) is 32.3 Å². The molecule has 4 rings (SSSR count). The van der Waals surface area contributed by atoms with Crippen molar-refractivity contribution >= 4 is 0 Å². The first kappa shape index (κ1) is 13.1. The van der Waals surface area contributed by atoms with Crippen LogP contribution in [0.15, 0.2) is 30.3 Å². The zero-order valence-corrected chi connectivity index (χ0v) is 12.0. The summed E-state index contributed by atoms with van der Waals surface area (Å²) in [5, 5.41) is 14.4. The van der Waals surface area contributed by atoms with Crippen molar-refractivity contribution in [2.75, 3.05) is 6.54 Å². The summed E-state index contributed by atoms with van der Waals surface area (Å²) in [6.07, 6.45) is 3.37. The lowest BCUT2D eigenvalue weighted by Gasteiger charge is -2.63. The summed E-state index contributed by atoms with van der Waals surface area (Å²) in [6.45, 7) is 6.22. The average molecular weight is 259 g/mol. The molecule has 3 atom stereocenters. The molecule has 0 saturated heterocycles. The molecule has 3 saturated carbocycles. The molecule has 0 spiro atoms. The van der Waals surface area contributed by atoms with Crippen molar-refractivity contribution in [2.45, 2.75) is 45.3 Å². The number of rotatable bonds is 4. The first-order valence-electron chi connectivity index (χ1n) is 7.49. The summed E-state index contributed by atoms with van der Waals surface area (Å²) in [7, 11) is 0. The second-order valence-electron chi connectivity index (χ2n) is 7.04. The molecule has 2 heteroatoms. The van der Waals surface area contributed by atoms with Gasteiger partial charge in [-0.25, -0.2) is 0 Å². The fourth-order valence-electron chi connectivity index (χ4n) is 4.25. The van der Waals surface area contributed by atoms with Crippen LogP contribution >= 0.6 is 0 Å². The molecular weight excluding hydrogens is 234 g/mol. The monoisotopic (exact) mass is 259 g/mol. The van der Waals surface area contributed by atoms with Gasteiger partial charge in [-0.05, 0) is 42.1 Å². The highest BCUT2D eigenvalue weighted by atomic mass is 16.3. The second-order valence-corrected chi connectivity index (χ2v) is 7.04. The van der Waals surface area contributed by atoms with Gasteiger partial charge in [0.15, 0.2) is 0 Å². The van der Waals surface area contributed by atoms with E-state index in [9.17, 15) is 5.11 Å². The molecule has 0 unspecified atom stereocenters. The van der Waals surface area contributed by atoms with Crippen molar-refractivity contribution in [3.8, 4) is 0 Å². The second kappa shape index (κ2) is 4.60. The van der Waals surface area contributed by atoms with Crippen molar-refractivity contribution in [1.29, 1.82) is 0 Å². The van der Waals surface area contributed by atoms with Crippen LogP contribution in [-0.4, -0.2) is 17.3 Å². The molecule has 0 aromatic heterocycles. The maximum absolute atomic E-state index is 10.9. The van der Waals surface area contributed by atoms with Crippen LogP contribution in [0.4, 0.5) is 0 Å². The lowest BCUT2D eigenvalue weighted by molar-refractivity contribution is -0.199. The van der Waals surface area contributed by atoms with Gasteiger partial charge in [-0.15, -0.1) is 0 Å². The molecule has 1 aromatic rings. The highest BCUT2D eigenvalue weighted by molar-refractivity contribution is 5.15. The summed E-state index contributed by atoms with van der Waals surface area (Å²) in [5.41, 5.74) is 1.13. The third-order valence-electron chi connectivity index (χ3n) is 5.65. The Hall–Kier alpha value is -0.860. The van der Waals surface area contributed by atoms with Gasteiger partial charge < -0.3 is 10.4 Å². The summed E-state index contributed by atoms with van der Waals surface area (Å²) in [6, 6.07) is 10.4. The minimum Gasteiger partial charge on any atom is -0.388 e. The standard InChI is InChI=1S/C17H25NO/c1-16(2)14-8-9-17(19,15(16)10-14)12-18-11-13-6-4-3-5-7-13/h3-7,14-15,18-19H,8-12H2,1-2H3/t14-,15+,17-/m0/s1. The summed E-state index contributed by atoms with van der Waals surface area (Å²) >= 11 is 0. The van der Waals surface area contributed by atoms with E-state index in [1.165, 1.54) is 18.4 Å². The van der Waals surface area contributed by atoms with E-state index in [1.807, 2.05) is 6.07 Å². The summed E-state index contributed by atoms with van der Waals surface area (Å²) < 4.78 is 0. The van der Waals surface area contributed by atoms with E-state index in [0.29, 0.717) is 11.3 Å². The summed E-state index contributed by atoms with van der Waals surface area (Å²) in [5.74, 6) is 1.31. The smallest absolute Gasteiger partial charge is 0.0805 e. The maximum Gasteiger partial charge on any atom is 0.0805 e. The molecule has 2 nitrogen and oxygen atoms in total. The molecule has 3 fully saturated rings. The molecule has 3 aliphatic rings. The number of aliphatic hydroxyl groups is 1. The van der Waals surface area contributed by atoms with Gasteiger partial charge in [-0.3, -0.25) is 0 Å². The van der Waals surface area contributed by atoms with E-state index >= 15 is 0 Å². The van der Waals surface area contributed by atoms with Gasteiger partial charge in [0, 0.05) is 13.1 Å². The fourth-order valence-corrected chi connectivity index (χ4v) is 4.25. The summed E-state index contributed by atoms with van der Waals surface area (Å²) in [4.78, 5) is 0. The quantitative estimate of drug-likeness (QED) is 0.871. The minimum absolute atomic E-state index is 0.335. The Labute approximate surface area is 116 Å². The largest absolute Gasteiger partial charge is 0.388 e. The molecule has 104 valence electrons. The van der Waals surface area contributed by atoms with Crippen LogP contribution in [0.5, 0.6) is 0 Å². The zero-order chi connectivity index (χ0) is 13.5. The van der Waals surface area contributed by atoms with E-state index in [1.54, 1.807) is 0 Å². The van der Waals surface area contributed by atoms with Crippen molar-refractivity contribution in [1.82, 2.24) is 5.32 Å². The highest BCUT2D eigenvalue weighted by Gasteiger charge is 2.60. The highest BCUT2D eigenvalue weighted by Crippen LogP contribution is 2.62. The first-order valence-corrected chi connectivity index (χ1v) is 7.49. The predicted molar refractivity (Wildman–Crippen MR) is 77.7 cm³/mol. The van der Waals surface area contributed by atoms with Crippen molar-refractivity contribution < 1.29 is 5.11 Å². The van der Waals surface area contributed by atoms with Crippen LogP contribution in [0.1, 0.15) is 38.7 Å². The SMILES string of the molecule is CC1(C)[C@H]2CC[C@](O)(CNCc3ccccc3)[C@@H]1C2. The number of hydrogen-bond donors (Lipinski definition) is 2. The van der Waals surface area contributed by atoms with Crippen molar-refractivity contribution in [3.63, 3.8) is 0 Å². The lowest BCUT2D eigenvalue weighted by Crippen LogP contribution is -2.64. The number of fused-ring (bicyclic) bond motifs is 2. The van der Waals surface area contributed by atoms with E-state index in [4.69, 9.17) is 0 Å². The van der Waals surface area contributed by atoms with Gasteiger partial charge in [0.2, 0.25) is 0 Å². The molecule has 1 aromatic carbocycles. The van der Waals surface area contributed by atoms with Crippen LogP contribution in [0, 0.1) is 17.3 Å². The molecule has 2 N–H and O–H groups in total. The van der Waals surface area contributed by atoms with E-state index in [0.717, 1.165) is 25.4 Å². The molecule has 0 aliphatic heterocycles. The van der Waals surface area contributed by atoms with Gasteiger partial charge in [0.1, 0.15) is 0 Å². The van der Waals surface area contributed by atoms with E-state index in [-0.39, 0.29) is 0 Å². The lowest BCUT2D eigenvalue weighted by atomic mass is 9.44. The Balaban J connectivity index is 1.57. The molecular formula is C17H25NO. The van der Waals surface area contributed by atoms with Gasteiger partial charge >= 0.3 is 0 Å². The van der Waals surface area contributed by atoms with Gasteiger partial charge in [0.25, 0.3) is 0 Å². The molecule has 0 amide bonds. The Kier molecular flexibility index (Phi) is 3.18. The predicted octanol–water partition coefficient (Wildman–Crippen LogP) is 2.96. The van der Waals surface area contributed by atoms with Gasteiger partial charge in [-0.1, -0.05) is 44.2 Å². The number of benzene rings is 1. The van der Waals surface area contributed by atoms with E-state index < -0.39 is 5.60 Å². The number of hydrogen-bond acceptors (Lipinski definition) is 2. The van der Waals surface area contributed by atoms with Crippen LogP contribution < -0.4 is 5.32 Å². The van der Waals surface area contributed by atoms with Crippen LogP contribution in [0.25, 0.3) is 0 Å². The molecule has 2 bridgehead atoms. The Bertz CT molecular complexity index is 440. The van der Waals surface area contributed by atoms with E-state index in [2.05, 4.69) is 43.4 Å². The van der Waals surface area contributed by atoms with Crippen molar-refractivity contribution in [3.05, 3.63) is 35.9 Å². The van der Waals surface area contributed by atoms with Crippen LogP contribution in [0.3, 0.4) is 0 Å². The zero-order valence-electron chi connectivity index (χ0n) is 12.0. The third kappa shape index (κ3) is 2.21. The molecule has 3 aliphatic carbocycles. The molecule has 19 heavy (non-hydrogen) atoms. The van der Waals surface area contributed by atoms with Gasteiger partial charge in [-0.2, -0.15) is 0 Å². The van der Waals surface area contributed by atoms with Crippen molar-refractivity contribution in [2.24, 2.45) is 17.3 Å². The average Bonchev–Trinajstić information content (AvgIpc) is 2.39. The normalized spacial score (nSPS) is 35.7. The number of nitrogens with one attached hydrogen (secondary N) is 1. The fraction of sp³-hybridized carbons (Fsp3) is 0.647. The molecule has 0 radical (unpaired) electrons. The van der Waals surface area contributed by atoms with Gasteiger partial charge in [0.05, 0.1) is 5.60 Å². The maximum atomic E-state index is 10.9. The van der Waals surface area contributed by atoms with Crippen LogP contribution in [-0.2, 0) is 6.54 Å². The Morgan fingerprint density at radius 3 is 2.63 bits per heavy atom. The molecule has 0 heterocycles. The van der Waals surface area contributed by atoms with Crippen LogP contribution in [0.2, 0.25) is 0 Å². The third-order valence-corrected chi connectivity index (χ3v) is 5.65. The Morgan fingerprint density at radius 2 is 2.00 bits per heavy atom. The Morgan fingerprint density at radius 1 is 1.26 bits per heavy atom. The minimum atomic E-state index is -0.493. The first-order chi connectivity index (χ1) is 9.02.